The fraction of sp³-hybridized carbons (Fsp3) is 0.588. The Morgan fingerprint density at radius 2 is 2.04 bits per heavy atom. The quantitative estimate of drug-likeness (QED) is 0.839. The Balaban J connectivity index is 1.73. The van der Waals surface area contributed by atoms with Crippen molar-refractivity contribution in [1.82, 2.24) is 10.6 Å². The van der Waals surface area contributed by atoms with Crippen LogP contribution in [0.15, 0.2) is 24.3 Å². The van der Waals surface area contributed by atoms with E-state index in [1.807, 2.05) is 24.3 Å². The van der Waals surface area contributed by atoms with E-state index in [4.69, 9.17) is 4.74 Å². The second kappa shape index (κ2) is 6.72. The number of nitrogens with one attached hydrogen (secondary N) is 2. The number of para-hydroxylation sites is 1. The number of carbonyl (C=O) groups excluding carboxylic acids is 1. The lowest BCUT2D eigenvalue weighted by molar-refractivity contribution is -0.124. The molecule has 0 spiro atoms. The van der Waals surface area contributed by atoms with Gasteiger partial charge in [-0.15, -0.1) is 0 Å². The topological polar surface area (TPSA) is 84.5 Å². The maximum Gasteiger partial charge on any atom is 0.241 e. The molecule has 1 unspecified atom stereocenters. The molecule has 1 saturated heterocycles. The summed E-state index contributed by atoms with van der Waals surface area (Å²) in [4.78, 5) is 12.8. The summed E-state index contributed by atoms with van der Waals surface area (Å²) in [6, 6.07) is 7.80. The summed E-state index contributed by atoms with van der Waals surface area (Å²) in [5.41, 5.74) is 1.07. The molecule has 1 aromatic rings. The highest BCUT2D eigenvalue weighted by Crippen LogP contribution is 2.33. The molecule has 0 bridgehead atoms. The van der Waals surface area contributed by atoms with E-state index in [-0.39, 0.29) is 11.8 Å². The van der Waals surface area contributed by atoms with Crippen molar-refractivity contribution in [3.8, 4) is 5.75 Å². The van der Waals surface area contributed by atoms with Crippen molar-refractivity contribution in [2.24, 2.45) is 0 Å². The Labute approximate surface area is 142 Å². The van der Waals surface area contributed by atoms with E-state index in [1.54, 1.807) is 0 Å². The molecule has 1 aromatic carbocycles. The predicted molar refractivity (Wildman–Crippen MR) is 92.0 cm³/mol. The highest BCUT2D eigenvalue weighted by atomic mass is 32.2. The molecule has 2 aliphatic rings. The highest BCUT2D eigenvalue weighted by Gasteiger charge is 2.48. The Hall–Kier alpha value is -1.60. The van der Waals surface area contributed by atoms with E-state index in [2.05, 4.69) is 10.6 Å². The molecule has 132 valence electrons. The van der Waals surface area contributed by atoms with Crippen molar-refractivity contribution >= 4 is 15.7 Å². The molecule has 2 aliphatic heterocycles. The van der Waals surface area contributed by atoms with E-state index in [0.717, 1.165) is 17.7 Å². The van der Waals surface area contributed by atoms with E-state index in [9.17, 15) is 13.2 Å². The molecular formula is C17H24N2O4S. The summed E-state index contributed by atoms with van der Waals surface area (Å²) in [6.07, 6.45) is 2.62. The van der Waals surface area contributed by atoms with Gasteiger partial charge in [-0.25, -0.2) is 8.42 Å². The lowest BCUT2D eigenvalue weighted by Crippen LogP contribution is -2.57. The van der Waals surface area contributed by atoms with Crippen LogP contribution >= 0.6 is 0 Å². The van der Waals surface area contributed by atoms with Crippen LogP contribution in [0.1, 0.15) is 30.7 Å². The van der Waals surface area contributed by atoms with Crippen LogP contribution in [0, 0.1) is 0 Å². The van der Waals surface area contributed by atoms with Gasteiger partial charge in [0.05, 0.1) is 6.61 Å². The van der Waals surface area contributed by atoms with Crippen molar-refractivity contribution in [1.29, 1.82) is 0 Å². The largest absolute Gasteiger partial charge is 0.493 e. The number of piperidine rings is 1. The number of ether oxygens (including phenoxy) is 1. The van der Waals surface area contributed by atoms with Crippen LogP contribution in [0.4, 0.5) is 0 Å². The first-order valence-electron chi connectivity index (χ1n) is 8.34. The smallest absolute Gasteiger partial charge is 0.241 e. The first-order chi connectivity index (χ1) is 11.4. The summed E-state index contributed by atoms with van der Waals surface area (Å²) in [5.74, 6) is 0.635. The Morgan fingerprint density at radius 3 is 2.75 bits per heavy atom. The summed E-state index contributed by atoms with van der Waals surface area (Å²) in [6.45, 7) is 2.13. The standard InChI is InChI=1S/C17H24N2O4S/c1-24(21,22)17(7-9-18-10-8-17)16(20)19-12-13-6-11-23-15-5-3-2-4-14(13)15/h2-5,13,18H,6-12H2,1H3,(H,19,20). The van der Waals surface area contributed by atoms with Crippen LogP contribution in [0.25, 0.3) is 0 Å². The average Bonchev–Trinajstić information content (AvgIpc) is 2.59. The monoisotopic (exact) mass is 352 g/mol. The van der Waals surface area contributed by atoms with Gasteiger partial charge in [0, 0.05) is 18.7 Å². The Morgan fingerprint density at radius 1 is 1.33 bits per heavy atom. The lowest BCUT2D eigenvalue weighted by atomic mass is 9.92. The molecular weight excluding hydrogens is 328 g/mol. The number of benzene rings is 1. The predicted octanol–water partition coefficient (Wildman–Crippen LogP) is 0.836. The molecule has 1 atom stereocenters. The van der Waals surface area contributed by atoms with Gasteiger partial charge >= 0.3 is 0 Å². The van der Waals surface area contributed by atoms with Gasteiger partial charge in [0.1, 0.15) is 5.75 Å². The third kappa shape index (κ3) is 3.15. The normalized spacial score (nSPS) is 23.0. The van der Waals surface area contributed by atoms with Gasteiger partial charge < -0.3 is 15.4 Å². The fourth-order valence-corrected chi connectivity index (χ4v) is 4.96. The molecule has 1 amide bonds. The van der Waals surface area contributed by atoms with E-state index in [0.29, 0.717) is 39.1 Å². The minimum absolute atomic E-state index is 0.150. The summed E-state index contributed by atoms with van der Waals surface area (Å²) in [5, 5.41) is 6.03. The van der Waals surface area contributed by atoms with Crippen LogP contribution in [0.5, 0.6) is 5.75 Å². The molecule has 7 heteroatoms. The minimum atomic E-state index is -3.48. The van der Waals surface area contributed by atoms with Crippen LogP contribution in [0.2, 0.25) is 0 Å². The number of rotatable bonds is 4. The zero-order valence-corrected chi connectivity index (χ0v) is 14.7. The van der Waals surface area contributed by atoms with E-state index in [1.165, 1.54) is 6.26 Å². The molecule has 0 radical (unpaired) electrons. The Kier molecular flexibility index (Phi) is 4.83. The first-order valence-corrected chi connectivity index (χ1v) is 10.2. The SMILES string of the molecule is CS(=O)(=O)C1(C(=O)NCC2CCOc3ccccc32)CCNCC1. The van der Waals surface area contributed by atoms with Gasteiger partial charge in [-0.3, -0.25) is 4.79 Å². The van der Waals surface area contributed by atoms with Crippen LogP contribution in [0.3, 0.4) is 0 Å². The highest BCUT2D eigenvalue weighted by molar-refractivity contribution is 7.92. The molecule has 0 aromatic heterocycles. The summed E-state index contributed by atoms with van der Waals surface area (Å²) in [7, 11) is -3.48. The van der Waals surface area contributed by atoms with Crippen LogP contribution in [-0.4, -0.2) is 51.6 Å². The number of amides is 1. The molecule has 2 heterocycles. The average molecular weight is 352 g/mol. The maximum absolute atomic E-state index is 12.8. The van der Waals surface area contributed by atoms with E-state index >= 15 is 0 Å². The van der Waals surface area contributed by atoms with Gasteiger partial charge in [-0.05, 0) is 44.0 Å². The fourth-order valence-electron chi connectivity index (χ4n) is 3.60. The number of carbonyl (C=O) groups is 1. The second-order valence-corrected chi connectivity index (χ2v) is 8.92. The van der Waals surface area contributed by atoms with Gasteiger partial charge in [0.15, 0.2) is 14.6 Å². The van der Waals surface area contributed by atoms with Gasteiger partial charge in [-0.2, -0.15) is 0 Å². The molecule has 24 heavy (non-hydrogen) atoms. The van der Waals surface area contributed by atoms with Crippen LogP contribution in [-0.2, 0) is 14.6 Å². The Bertz CT molecular complexity index is 711. The summed E-state index contributed by atoms with van der Waals surface area (Å²) >= 11 is 0. The maximum atomic E-state index is 12.8. The van der Waals surface area contributed by atoms with Gasteiger partial charge in [0.25, 0.3) is 0 Å². The number of hydrogen-bond donors (Lipinski definition) is 2. The van der Waals surface area contributed by atoms with Crippen molar-refractivity contribution in [2.75, 3.05) is 32.5 Å². The molecule has 0 saturated carbocycles. The van der Waals surface area contributed by atoms with Crippen molar-refractivity contribution in [3.63, 3.8) is 0 Å². The number of sulfone groups is 1. The van der Waals surface area contributed by atoms with Gasteiger partial charge in [0.2, 0.25) is 5.91 Å². The zero-order valence-electron chi connectivity index (χ0n) is 13.9. The summed E-state index contributed by atoms with van der Waals surface area (Å²) < 4.78 is 28.9. The molecule has 1 fully saturated rings. The third-order valence-electron chi connectivity index (χ3n) is 5.13. The van der Waals surface area contributed by atoms with Crippen molar-refractivity contribution < 1.29 is 17.9 Å². The minimum Gasteiger partial charge on any atom is -0.493 e. The zero-order chi connectivity index (χ0) is 17.2. The molecule has 0 aliphatic carbocycles. The second-order valence-electron chi connectivity index (χ2n) is 6.60. The van der Waals surface area contributed by atoms with Crippen LogP contribution < -0.4 is 15.4 Å². The van der Waals surface area contributed by atoms with E-state index < -0.39 is 14.6 Å². The number of fused-ring (bicyclic) bond motifs is 1. The van der Waals surface area contributed by atoms with Crippen molar-refractivity contribution in [2.45, 2.75) is 29.9 Å². The molecule has 2 N–H and O–H groups in total. The van der Waals surface area contributed by atoms with Crippen molar-refractivity contribution in [3.05, 3.63) is 29.8 Å². The lowest BCUT2D eigenvalue weighted by Gasteiger charge is -2.35. The number of hydrogen-bond acceptors (Lipinski definition) is 5. The van der Waals surface area contributed by atoms with Gasteiger partial charge in [-0.1, -0.05) is 18.2 Å². The third-order valence-corrected chi connectivity index (χ3v) is 7.14. The molecule has 6 nitrogen and oxygen atoms in total. The first kappa shape index (κ1) is 17.2. The molecule has 3 rings (SSSR count).